The Morgan fingerprint density at radius 1 is 1.00 bits per heavy atom. The number of anilines is 3. The van der Waals surface area contributed by atoms with Gasteiger partial charge in [-0.2, -0.15) is 0 Å². The van der Waals surface area contributed by atoms with E-state index in [4.69, 9.17) is 23.2 Å². The number of carbonyl (C=O) groups is 2. The minimum absolute atomic E-state index is 0.0660. The highest BCUT2D eigenvalue weighted by Crippen LogP contribution is 2.28. The standard InChI is InChI=1S/C23H22Cl2N4O5/c1-11(2)8-27-19-20(22(33)21(19)32)29-16(7-17(30)31)12-3-5-13(6-4-12)28-23(34)18-14(24)9-26-10-15(18)25/h3-6,9-11,16,27,29H,7-8H2,1-2H3,(H,28,34)(H,30,31)/t16-/m0/s1. The number of carboxylic acids is 1. The van der Waals surface area contributed by atoms with Crippen molar-refractivity contribution in [3.63, 3.8) is 0 Å². The number of carboxylic acid groups (broad SMARTS) is 1. The molecule has 1 atom stereocenters. The summed E-state index contributed by atoms with van der Waals surface area (Å²) in [6.07, 6.45) is 2.27. The Bertz CT molecular complexity index is 1260. The van der Waals surface area contributed by atoms with Gasteiger partial charge in [0, 0.05) is 24.6 Å². The molecule has 11 heteroatoms. The number of aliphatic carboxylic acids is 1. The molecule has 3 aromatic rings. The van der Waals surface area contributed by atoms with Crippen molar-refractivity contribution in [2.75, 3.05) is 22.5 Å². The largest absolute Gasteiger partial charge is 0.481 e. The fraction of sp³-hybridized carbons (Fsp3) is 0.261. The Morgan fingerprint density at radius 2 is 1.59 bits per heavy atom. The molecule has 9 nitrogen and oxygen atoms in total. The lowest BCUT2D eigenvalue weighted by atomic mass is 10.0. The number of aromatic nitrogens is 1. The van der Waals surface area contributed by atoms with Gasteiger partial charge in [-0.15, -0.1) is 0 Å². The lowest BCUT2D eigenvalue weighted by Gasteiger charge is -2.22. The van der Waals surface area contributed by atoms with Gasteiger partial charge in [0.1, 0.15) is 11.4 Å². The van der Waals surface area contributed by atoms with Crippen LogP contribution in [0.25, 0.3) is 0 Å². The molecule has 2 aromatic carbocycles. The van der Waals surface area contributed by atoms with Crippen LogP contribution in [0.15, 0.2) is 46.2 Å². The molecule has 1 amide bonds. The summed E-state index contributed by atoms with van der Waals surface area (Å²) < 4.78 is 0. The van der Waals surface area contributed by atoms with Crippen LogP contribution in [0.5, 0.6) is 0 Å². The van der Waals surface area contributed by atoms with Gasteiger partial charge in [0.15, 0.2) is 0 Å². The summed E-state index contributed by atoms with van der Waals surface area (Å²) in [4.78, 5) is 51.8. The smallest absolute Gasteiger partial charge is 0.305 e. The summed E-state index contributed by atoms with van der Waals surface area (Å²) in [6, 6.07) is 5.59. The zero-order valence-corrected chi connectivity index (χ0v) is 19.8. The van der Waals surface area contributed by atoms with Crippen molar-refractivity contribution in [1.82, 2.24) is 4.98 Å². The van der Waals surface area contributed by atoms with Gasteiger partial charge in [-0.05, 0) is 23.6 Å². The van der Waals surface area contributed by atoms with Crippen LogP contribution in [0.3, 0.4) is 0 Å². The maximum absolute atomic E-state index is 12.5. The Morgan fingerprint density at radius 3 is 2.15 bits per heavy atom. The fourth-order valence-corrected chi connectivity index (χ4v) is 3.76. The molecule has 0 bridgehead atoms. The summed E-state index contributed by atoms with van der Waals surface area (Å²) in [6.45, 7) is 4.40. The summed E-state index contributed by atoms with van der Waals surface area (Å²) in [5.74, 6) is -1.38. The van der Waals surface area contributed by atoms with E-state index in [-0.39, 0.29) is 39.3 Å². The number of hydrogen-bond donors (Lipinski definition) is 4. The van der Waals surface area contributed by atoms with Crippen molar-refractivity contribution in [3.05, 3.63) is 78.3 Å². The van der Waals surface area contributed by atoms with Gasteiger partial charge in [-0.3, -0.25) is 24.2 Å². The van der Waals surface area contributed by atoms with Gasteiger partial charge in [0.2, 0.25) is 0 Å². The normalized spacial score (nSPS) is 11.9. The third kappa shape index (κ3) is 5.73. The molecule has 0 saturated heterocycles. The minimum Gasteiger partial charge on any atom is -0.481 e. The van der Waals surface area contributed by atoms with Crippen LogP contribution in [0.4, 0.5) is 17.1 Å². The van der Waals surface area contributed by atoms with Crippen LogP contribution in [0, 0.1) is 5.92 Å². The molecule has 1 heterocycles. The molecule has 0 aliphatic carbocycles. The molecule has 4 N–H and O–H groups in total. The van der Waals surface area contributed by atoms with Gasteiger partial charge >= 0.3 is 5.97 Å². The van der Waals surface area contributed by atoms with E-state index in [0.29, 0.717) is 17.8 Å². The fourth-order valence-electron chi connectivity index (χ4n) is 3.23. The van der Waals surface area contributed by atoms with E-state index in [1.807, 2.05) is 13.8 Å². The van der Waals surface area contributed by atoms with Gasteiger partial charge < -0.3 is 21.1 Å². The van der Waals surface area contributed by atoms with E-state index in [1.54, 1.807) is 24.3 Å². The minimum atomic E-state index is -1.09. The third-order valence-corrected chi connectivity index (χ3v) is 5.52. The first kappa shape index (κ1) is 25.2. The molecule has 3 rings (SSSR count). The predicted octanol–water partition coefficient (Wildman–Crippen LogP) is 3.93. The first-order chi connectivity index (χ1) is 16.1. The number of halogens is 2. The van der Waals surface area contributed by atoms with Gasteiger partial charge in [0.05, 0.1) is 28.1 Å². The number of rotatable bonds is 10. The topological polar surface area (TPSA) is 137 Å². The van der Waals surface area contributed by atoms with Crippen LogP contribution in [0.2, 0.25) is 10.0 Å². The highest BCUT2D eigenvalue weighted by atomic mass is 35.5. The summed E-state index contributed by atoms with van der Waals surface area (Å²) >= 11 is 12.0. The highest BCUT2D eigenvalue weighted by Gasteiger charge is 2.25. The molecular formula is C23H22Cl2N4O5. The summed E-state index contributed by atoms with van der Waals surface area (Å²) in [5, 5.41) is 18.0. The zero-order chi connectivity index (χ0) is 25.0. The van der Waals surface area contributed by atoms with Gasteiger partial charge in [0.25, 0.3) is 16.8 Å². The van der Waals surface area contributed by atoms with Gasteiger partial charge in [-0.1, -0.05) is 49.2 Å². The summed E-state index contributed by atoms with van der Waals surface area (Å²) in [5.41, 5.74) is -0.0709. The van der Waals surface area contributed by atoms with E-state index >= 15 is 0 Å². The number of benzene rings is 1. The third-order valence-electron chi connectivity index (χ3n) is 4.95. The highest BCUT2D eigenvalue weighted by molar-refractivity contribution is 6.40. The first-order valence-corrected chi connectivity index (χ1v) is 11.1. The van der Waals surface area contributed by atoms with Crippen LogP contribution in [-0.4, -0.2) is 28.5 Å². The monoisotopic (exact) mass is 504 g/mol. The van der Waals surface area contributed by atoms with E-state index in [2.05, 4.69) is 20.9 Å². The van der Waals surface area contributed by atoms with Crippen molar-refractivity contribution in [2.24, 2.45) is 5.92 Å². The second kappa shape index (κ2) is 10.7. The number of pyridine rings is 1. The average Bonchev–Trinajstić information content (AvgIpc) is 2.77. The second-order valence-electron chi connectivity index (χ2n) is 8.03. The lowest BCUT2D eigenvalue weighted by molar-refractivity contribution is -0.137. The van der Waals surface area contributed by atoms with Crippen LogP contribution >= 0.6 is 23.2 Å². The molecule has 0 spiro atoms. The molecule has 0 aliphatic heterocycles. The van der Waals surface area contributed by atoms with Crippen LogP contribution in [0.1, 0.15) is 42.2 Å². The molecule has 0 radical (unpaired) electrons. The predicted molar refractivity (Wildman–Crippen MR) is 132 cm³/mol. The number of amides is 1. The molecule has 34 heavy (non-hydrogen) atoms. The summed E-state index contributed by atoms with van der Waals surface area (Å²) in [7, 11) is 0. The first-order valence-electron chi connectivity index (χ1n) is 10.3. The number of nitrogens with zero attached hydrogens (tertiary/aromatic N) is 1. The molecule has 0 saturated carbocycles. The van der Waals surface area contributed by atoms with Crippen molar-refractivity contribution >= 4 is 52.1 Å². The Balaban J connectivity index is 1.79. The van der Waals surface area contributed by atoms with Crippen LogP contribution < -0.4 is 26.8 Å². The lowest BCUT2D eigenvalue weighted by Crippen LogP contribution is -2.39. The Hall–Kier alpha value is -3.43. The maximum Gasteiger partial charge on any atom is 0.305 e. The Kier molecular flexibility index (Phi) is 7.90. The van der Waals surface area contributed by atoms with Crippen LogP contribution in [-0.2, 0) is 4.79 Å². The van der Waals surface area contributed by atoms with Crippen molar-refractivity contribution in [1.29, 1.82) is 0 Å². The molecule has 1 aromatic heterocycles. The van der Waals surface area contributed by atoms with Crippen molar-refractivity contribution in [2.45, 2.75) is 26.3 Å². The van der Waals surface area contributed by atoms with Crippen molar-refractivity contribution < 1.29 is 14.7 Å². The Labute approximate surface area is 204 Å². The number of carbonyl (C=O) groups excluding carboxylic acids is 1. The molecule has 0 unspecified atom stereocenters. The van der Waals surface area contributed by atoms with E-state index in [1.165, 1.54) is 12.4 Å². The molecule has 0 aliphatic rings. The second-order valence-corrected chi connectivity index (χ2v) is 8.85. The number of nitrogens with one attached hydrogen (secondary N) is 3. The quantitative estimate of drug-likeness (QED) is 0.304. The number of hydrogen-bond acceptors (Lipinski definition) is 7. The van der Waals surface area contributed by atoms with E-state index in [0.717, 1.165) is 0 Å². The molecule has 0 fully saturated rings. The molecule has 178 valence electrons. The zero-order valence-electron chi connectivity index (χ0n) is 18.3. The van der Waals surface area contributed by atoms with E-state index in [9.17, 15) is 24.3 Å². The van der Waals surface area contributed by atoms with Crippen molar-refractivity contribution in [3.8, 4) is 0 Å². The maximum atomic E-state index is 12.5. The average molecular weight is 505 g/mol. The van der Waals surface area contributed by atoms with E-state index < -0.39 is 28.8 Å². The molecular weight excluding hydrogens is 483 g/mol. The SMILES string of the molecule is CC(C)CNc1c(N[C@@H](CC(=O)O)c2ccc(NC(=O)c3c(Cl)cncc3Cl)cc2)c(=O)c1=O. The van der Waals surface area contributed by atoms with Gasteiger partial charge in [-0.25, -0.2) is 0 Å².